The van der Waals surface area contributed by atoms with E-state index in [2.05, 4.69) is 10.2 Å². The summed E-state index contributed by atoms with van der Waals surface area (Å²) in [5.41, 5.74) is 3.45. The summed E-state index contributed by atoms with van der Waals surface area (Å²) in [6.07, 6.45) is 3.88. The molecule has 0 atom stereocenters. The highest BCUT2D eigenvalue weighted by Crippen LogP contribution is 2.32. The predicted octanol–water partition coefficient (Wildman–Crippen LogP) is 2.84. The number of benzene rings is 1. The number of para-hydroxylation sites is 1. The summed E-state index contributed by atoms with van der Waals surface area (Å²) >= 11 is 0. The summed E-state index contributed by atoms with van der Waals surface area (Å²) in [5, 5.41) is 16.6. The first-order valence-corrected chi connectivity index (χ1v) is 5.96. The van der Waals surface area contributed by atoms with Crippen molar-refractivity contribution in [3.63, 3.8) is 0 Å². The Morgan fingerprint density at radius 3 is 3.00 bits per heavy atom. The molecule has 0 amide bonds. The Kier molecular flexibility index (Phi) is 2.79. The van der Waals surface area contributed by atoms with Crippen molar-refractivity contribution < 1.29 is 14.3 Å². The SMILES string of the molecule is O=C(O)CCc1[nH]ncc1-c1coc2ccccc12. The number of H-pyrrole nitrogens is 1. The molecule has 3 rings (SSSR count). The fourth-order valence-corrected chi connectivity index (χ4v) is 2.15. The Bertz CT molecular complexity index is 727. The van der Waals surface area contributed by atoms with Crippen LogP contribution in [0.15, 0.2) is 41.1 Å². The van der Waals surface area contributed by atoms with Crippen LogP contribution in [-0.4, -0.2) is 21.3 Å². The smallest absolute Gasteiger partial charge is 0.303 e. The van der Waals surface area contributed by atoms with Crippen LogP contribution in [0.25, 0.3) is 22.1 Å². The van der Waals surface area contributed by atoms with Crippen LogP contribution in [0.1, 0.15) is 12.1 Å². The molecule has 0 aliphatic rings. The minimum absolute atomic E-state index is 0.0744. The first-order valence-electron chi connectivity index (χ1n) is 5.96. The van der Waals surface area contributed by atoms with Crippen molar-refractivity contribution in [2.75, 3.05) is 0 Å². The lowest BCUT2D eigenvalue weighted by Crippen LogP contribution is -1.98. The molecule has 5 heteroatoms. The molecular formula is C14H12N2O3. The average molecular weight is 256 g/mol. The van der Waals surface area contributed by atoms with E-state index in [1.165, 1.54) is 0 Å². The molecule has 19 heavy (non-hydrogen) atoms. The van der Waals surface area contributed by atoms with Gasteiger partial charge in [0, 0.05) is 28.6 Å². The quantitative estimate of drug-likeness (QED) is 0.752. The molecule has 0 unspecified atom stereocenters. The number of carbonyl (C=O) groups is 1. The number of aliphatic carboxylic acids is 1. The lowest BCUT2D eigenvalue weighted by Gasteiger charge is -1.99. The van der Waals surface area contributed by atoms with Crippen LogP contribution in [0.3, 0.4) is 0 Å². The number of nitrogens with zero attached hydrogens (tertiary/aromatic N) is 1. The van der Waals surface area contributed by atoms with Crippen LogP contribution >= 0.6 is 0 Å². The number of aromatic amines is 1. The van der Waals surface area contributed by atoms with Gasteiger partial charge in [0.1, 0.15) is 5.58 Å². The number of carboxylic acids is 1. The van der Waals surface area contributed by atoms with E-state index < -0.39 is 5.97 Å². The minimum atomic E-state index is -0.822. The van der Waals surface area contributed by atoms with Crippen molar-refractivity contribution in [1.29, 1.82) is 0 Å². The Balaban J connectivity index is 2.02. The molecule has 0 aliphatic carbocycles. The van der Waals surface area contributed by atoms with E-state index in [1.54, 1.807) is 12.5 Å². The van der Waals surface area contributed by atoms with Crippen LogP contribution in [0.4, 0.5) is 0 Å². The fraction of sp³-hybridized carbons (Fsp3) is 0.143. The molecule has 0 spiro atoms. The second-order valence-electron chi connectivity index (χ2n) is 4.30. The molecule has 0 saturated heterocycles. The van der Waals surface area contributed by atoms with Gasteiger partial charge in [0.25, 0.3) is 0 Å². The zero-order valence-corrected chi connectivity index (χ0v) is 10.1. The highest BCUT2D eigenvalue weighted by Gasteiger charge is 2.14. The van der Waals surface area contributed by atoms with Crippen molar-refractivity contribution in [3.8, 4) is 11.1 Å². The van der Waals surface area contributed by atoms with Crippen LogP contribution in [0.2, 0.25) is 0 Å². The van der Waals surface area contributed by atoms with E-state index >= 15 is 0 Å². The maximum absolute atomic E-state index is 10.7. The minimum Gasteiger partial charge on any atom is -0.481 e. The van der Waals surface area contributed by atoms with Crippen molar-refractivity contribution in [3.05, 3.63) is 42.4 Å². The number of hydrogen-bond donors (Lipinski definition) is 2. The normalized spacial score (nSPS) is 10.9. The van der Waals surface area contributed by atoms with Gasteiger partial charge >= 0.3 is 5.97 Å². The van der Waals surface area contributed by atoms with E-state index in [0.717, 1.165) is 27.8 Å². The van der Waals surface area contributed by atoms with E-state index in [-0.39, 0.29) is 6.42 Å². The maximum atomic E-state index is 10.7. The van der Waals surface area contributed by atoms with Gasteiger partial charge in [-0.25, -0.2) is 0 Å². The third-order valence-corrected chi connectivity index (χ3v) is 3.08. The average Bonchev–Trinajstić information content (AvgIpc) is 3.02. The third kappa shape index (κ3) is 2.10. The van der Waals surface area contributed by atoms with Gasteiger partial charge in [0.15, 0.2) is 0 Å². The van der Waals surface area contributed by atoms with E-state index in [9.17, 15) is 4.79 Å². The van der Waals surface area contributed by atoms with Crippen molar-refractivity contribution in [2.24, 2.45) is 0 Å². The molecule has 3 aromatic rings. The number of nitrogens with one attached hydrogen (secondary N) is 1. The largest absolute Gasteiger partial charge is 0.481 e. The molecule has 2 aromatic heterocycles. The molecule has 96 valence electrons. The second kappa shape index (κ2) is 4.61. The number of furan rings is 1. The third-order valence-electron chi connectivity index (χ3n) is 3.08. The molecule has 2 heterocycles. The Morgan fingerprint density at radius 2 is 2.16 bits per heavy atom. The van der Waals surface area contributed by atoms with E-state index in [1.807, 2.05) is 24.3 Å². The lowest BCUT2D eigenvalue weighted by atomic mass is 10.0. The summed E-state index contributed by atoms with van der Waals surface area (Å²) in [6.45, 7) is 0. The summed E-state index contributed by atoms with van der Waals surface area (Å²) < 4.78 is 5.50. The topological polar surface area (TPSA) is 79.1 Å². The number of rotatable bonds is 4. The summed E-state index contributed by atoms with van der Waals surface area (Å²) in [4.78, 5) is 10.7. The van der Waals surface area contributed by atoms with Gasteiger partial charge in [-0.2, -0.15) is 5.10 Å². The van der Waals surface area contributed by atoms with Crippen LogP contribution in [0.5, 0.6) is 0 Å². The standard InChI is InChI=1S/C14H12N2O3/c17-14(18)6-5-12-10(7-15-16-12)11-8-19-13-4-2-1-3-9(11)13/h1-4,7-8H,5-6H2,(H,15,16)(H,17,18). The highest BCUT2D eigenvalue weighted by atomic mass is 16.4. The number of fused-ring (bicyclic) bond motifs is 1. The van der Waals surface area contributed by atoms with Crippen LogP contribution in [0, 0.1) is 0 Å². The summed E-state index contributed by atoms with van der Waals surface area (Å²) in [5.74, 6) is -0.822. The van der Waals surface area contributed by atoms with Gasteiger partial charge in [-0.3, -0.25) is 9.89 Å². The highest BCUT2D eigenvalue weighted by molar-refractivity contribution is 5.94. The second-order valence-corrected chi connectivity index (χ2v) is 4.30. The molecule has 1 aromatic carbocycles. The van der Waals surface area contributed by atoms with Gasteiger partial charge in [-0.05, 0) is 6.07 Å². The van der Waals surface area contributed by atoms with Gasteiger partial charge in [0.05, 0.1) is 18.9 Å². The van der Waals surface area contributed by atoms with Crippen molar-refractivity contribution in [2.45, 2.75) is 12.8 Å². The number of carboxylic acid groups (broad SMARTS) is 1. The van der Waals surface area contributed by atoms with Crippen molar-refractivity contribution in [1.82, 2.24) is 10.2 Å². The monoisotopic (exact) mass is 256 g/mol. The number of hydrogen-bond acceptors (Lipinski definition) is 3. The Morgan fingerprint density at radius 1 is 1.32 bits per heavy atom. The van der Waals surface area contributed by atoms with Gasteiger partial charge in [-0.15, -0.1) is 0 Å². The summed E-state index contributed by atoms with van der Waals surface area (Å²) in [6, 6.07) is 7.73. The zero-order valence-electron chi connectivity index (χ0n) is 10.1. The molecule has 0 radical (unpaired) electrons. The molecule has 0 bridgehead atoms. The van der Waals surface area contributed by atoms with Crippen LogP contribution < -0.4 is 0 Å². The maximum Gasteiger partial charge on any atom is 0.303 e. The lowest BCUT2D eigenvalue weighted by molar-refractivity contribution is -0.136. The van der Waals surface area contributed by atoms with Gasteiger partial charge in [0.2, 0.25) is 0 Å². The first-order chi connectivity index (χ1) is 9.25. The molecule has 0 fully saturated rings. The van der Waals surface area contributed by atoms with Crippen molar-refractivity contribution >= 4 is 16.9 Å². The number of aryl methyl sites for hydroxylation is 1. The molecule has 5 nitrogen and oxygen atoms in total. The number of aromatic nitrogens is 2. The predicted molar refractivity (Wildman–Crippen MR) is 69.8 cm³/mol. The molecule has 0 saturated carbocycles. The Hall–Kier alpha value is -2.56. The summed E-state index contributed by atoms with van der Waals surface area (Å²) in [7, 11) is 0. The Labute approximate surface area is 108 Å². The van der Waals surface area contributed by atoms with Gasteiger partial charge < -0.3 is 9.52 Å². The van der Waals surface area contributed by atoms with E-state index in [0.29, 0.717) is 6.42 Å². The van der Waals surface area contributed by atoms with Crippen LogP contribution in [-0.2, 0) is 11.2 Å². The fourth-order valence-electron chi connectivity index (χ4n) is 2.15. The van der Waals surface area contributed by atoms with E-state index in [4.69, 9.17) is 9.52 Å². The molecule has 0 aliphatic heterocycles. The first kappa shape index (κ1) is 11.5. The molecular weight excluding hydrogens is 244 g/mol. The zero-order chi connectivity index (χ0) is 13.2. The molecule has 2 N–H and O–H groups in total. The van der Waals surface area contributed by atoms with Gasteiger partial charge in [-0.1, -0.05) is 18.2 Å².